The van der Waals surface area contributed by atoms with Crippen molar-refractivity contribution in [2.45, 2.75) is 50.1 Å². The van der Waals surface area contributed by atoms with Crippen LogP contribution in [0.2, 0.25) is 0 Å². The van der Waals surface area contributed by atoms with Crippen LogP contribution in [0.3, 0.4) is 0 Å². The maximum absolute atomic E-state index is 13.7. The van der Waals surface area contributed by atoms with Gasteiger partial charge in [0.25, 0.3) is 5.91 Å². The molecule has 1 amide bonds. The number of rotatable bonds is 12. The van der Waals surface area contributed by atoms with Gasteiger partial charge in [0, 0.05) is 32.0 Å². The van der Waals surface area contributed by atoms with Crippen LogP contribution in [0, 0.1) is 0 Å². The molecule has 1 saturated carbocycles. The summed E-state index contributed by atoms with van der Waals surface area (Å²) in [6, 6.07) is 2.67. The lowest BCUT2D eigenvalue weighted by molar-refractivity contribution is 0.0930. The Kier molecular flexibility index (Phi) is 8.33. The first-order chi connectivity index (χ1) is 18.8. The molecule has 0 spiro atoms. The highest BCUT2D eigenvalue weighted by atomic mass is 32.2. The number of likely N-dealkylation sites (tertiary alicyclic amines) is 1. The fourth-order valence-corrected chi connectivity index (χ4v) is 6.48. The molecule has 208 valence electrons. The number of halogens is 1. The first-order valence-electron chi connectivity index (χ1n) is 12.9. The minimum absolute atomic E-state index is 0.231. The summed E-state index contributed by atoms with van der Waals surface area (Å²) >= 11 is 1.17. The number of nitrogens with one attached hydrogen (secondary N) is 2. The Morgan fingerprint density at radius 2 is 2.10 bits per heavy atom. The quantitative estimate of drug-likeness (QED) is 0.333. The van der Waals surface area contributed by atoms with Crippen LogP contribution in [0.5, 0.6) is 5.88 Å². The number of sulfonamides is 1. The van der Waals surface area contributed by atoms with Crippen molar-refractivity contribution >= 4 is 33.0 Å². The van der Waals surface area contributed by atoms with Crippen molar-refractivity contribution in [2.75, 3.05) is 31.0 Å². The third kappa shape index (κ3) is 7.05. The van der Waals surface area contributed by atoms with Crippen LogP contribution in [0.1, 0.15) is 54.1 Å². The van der Waals surface area contributed by atoms with Gasteiger partial charge in [-0.3, -0.25) is 19.5 Å². The Morgan fingerprint density at radius 3 is 2.85 bits per heavy atom. The Balaban J connectivity index is 1.33. The largest absolute Gasteiger partial charge is 0.477 e. The zero-order chi connectivity index (χ0) is 27.4. The van der Waals surface area contributed by atoms with Gasteiger partial charge in [0.15, 0.2) is 5.01 Å². The predicted molar refractivity (Wildman–Crippen MR) is 145 cm³/mol. The molecule has 2 fully saturated rings. The van der Waals surface area contributed by atoms with Crippen LogP contribution in [0.15, 0.2) is 36.9 Å². The number of amides is 1. The number of nitrogens with zero attached hydrogens (tertiary/aromatic N) is 5. The van der Waals surface area contributed by atoms with Crippen LogP contribution in [-0.4, -0.2) is 76.8 Å². The van der Waals surface area contributed by atoms with Crippen LogP contribution in [0.4, 0.5) is 10.1 Å². The van der Waals surface area contributed by atoms with E-state index in [9.17, 15) is 17.6 Å². The lowest BCUT2D eigenvalue weighted by atomic mass is 10.1. The molecule has 4 heterocycles. The third-order valence-corrected chi connectivity index (χ3v) is 9.36. The molecule has 1 aliphatic heterocycles. The van der Waals surface area contributed by atoms with Gasteiger partial charge in [0.1, 0.15) is 11.9 Å². The van der Waals surface area contributed by atoms with E-state index >= 15 is 0 Å². The lowest BCUT2D eigenvalue weighted by Crippen LogP contribution is -2.33. The molecule has 14 heteroatoms. The molecule has 0 aromatic carbocycles. The van der Waals surface area contributed by atoms with Crippen molar-refractivity contribution in [1.82, 2.24) is 30.2 Å². The number of hydrogen-bond acceptors (Lipinski definition) is 10. The lowest BCUT2D eigenvalue weighted by Gasteiger charge is -2.22. The summed E-state index contributed by atoms with van der Waals surface area (Å²) < 4.78 is 46.7. The Morgan fingerprint density at radius 1 is 1.26 bits per heavy atom. The van der Waals surface area contributed by atoms with Gasteiger partial charge in [-0.25, -0.2) is 22.8 Å². The average Bonchev–Trinajstić information content (AvgIpc) is 3.53. The molecular weight excluding hydrogens is 545 g/mol. The Labute approximate surface area is 230 Å². The molecule has 2 aliphatic rings. The number of pyridine rings is 1. The van der Waals surface area contributed by atoms with E-state index in [1.54, 1.807) is 24.5 Å². The van der Waals surface area contributed by atoms with Crippen LogP contribution >= 0.6 is 11.3 Å². The molecule has 11 nitrogen and oxygen atoms in total. The summed E-state index contributed by atoms with van der Waals surface area (Å²) in [4.78, 5) is 33.2. The summed E-state index contributed by atoms with van der Waals surface area (Å²) in [6.45, 7) is 3.86. The van der Waals surface area contributed by atoms with Gasteiger partial charge in [0.2, 0.25) is 15.9 Å². The van der Waals surface area contributed by atoms with Crippen molar-refractivity contribution in [1.29, 1.82) is 0 Å². The van der Waals surface area contributed by atoms with E-state index < -0.39 is 28.1 Å². The van der Waals surface area contributed by atoms with E-state index in [0.29, 0.717) is 79.8 Å². The molecule has 0 unspecified atom stereocenters. The normalized spacial score (nSPS) is 18.6. The molecule has 0 radical (unpaired) electrons. The fourth-order valence-electron chi connectivity index (χ4n) is 4.32. The molecule has 1 saturated heterocycles. The first kappa shape index (κ1) is 27.3. The van der Waals surface area contributed by atoms with Gasteiger partial charge >= 0.3 is 0 Å². The predicted octanol–water partition coefficient (Wildman–Crippen LogP) is 3.20. The number of carbonyl (C=O) groups is 1. The van der Waals surface area contributed by atoms with Crippen molar-refractivity contribution in [3.63, 3.8) is 0 Å². The van der Waals surface area contributed by atoms with Gasteiger partial charge < -0.3 is 15.0 Å². The van der Waals surface area contributed by atoms with Crippen molar-refractivity contribution < 1.29 is 22.3 Å². The molecule has 3 aromatic heterocycles. The monoisotopic (exact) mass is 575 g/mol. The number of carbonyl (C=O) groups excluding carboxylic acids is 1. The van der Waals surface area contributed by atoms with E-state index in [1.165, 1.54) is 23.7 Å². The van der Waals surface area contributed by atoms with Gasteiger partial charge in [-0.2, -0.15) is 0 Å². The minimum atomic E-state index is -3.45. The number of hydrogen-bond donors (Lipinski definition) is 2. The fraction of sp³-hybridized carbons (Fsp3) is 0.480. The van der Waals surface area contributed by atoms with E-state index in [0.717, 1.165) is 0 Å². The van der Waals surface area contributed by atoms with Gasteiger partial charge in [-0.1, -0.05) is 0 Å². The molecule has 5 rings (SSSR count). The maximum atomic E-state index is 13.7. The van der Waals surface area contributed by atoms with Crippen LogP contribution in [0.25, 0.3) is 10.6 Å². The highest BCUT2D eigenvalue weighted by molar-refractivity contribution is 7.93. The van der Waals surface area contributed by atoms with Gasteiger partial charge in [0.05, 0.1) is 46.6 Å². The number of aromatic nitrogens is 4. The highest BCUT2D eigenvalue weighted by Crippen LogP contribution is 2.31. The number of anilines is 1. The van der Waals surface area contributed by atoms with E-state index in [2.05, 4.69) is 30.0 Å². The third-order valence-electron chi connectivity index (χ3n) is 6.47. The molecule has 3 aromatic rings. The zero-order valence-electron chi connectivity index (χ0n) is 21.4. The van der Waals surface area contributed by atoms with E-state index in [4.69, 9.17) is 4.74 Å². The second-order valence-corrected chi connectivity index (χ2v) is 12.5. The van der Waals surface area contributed by atoms with Crippen LogP contribution < -0.4 is 14.8 Å². The topological polar surface area (TPSA) is 139 Å². The number of thiazole rings is 1. The summed E-state index contributed by atoms with van der Waals surface area (Å²) in [5.74, 6) is -0.0177. The van der Waals surface area contributed by atoms with Crippen molar-refractivity contribution in [2.24, 2.45) is 0 Å². The standard InChI is InChI=1S/C25H30FN7O4S2/c1-2-37-23-14-27-12-21(30-23)22-13-29-25(38-22)24(34)31-19(7-10-33-9-6-16(26)15-33)20-11-17(5-8-28-20)32-39(35,36)18-3-4-18/h5,8,11-14,16,18-19H,2-4,6-7,9-10,15H2,1H3,(H,28,32)(H,31,34)/t16-,19+/m1/s1. The van der Waals surface area contributed by atoms with Gasteiger partial charge in [-0.15, -0.1) is 11.3 Å². The van der Waals surface area contributed by atoms with Crippen molar-refractivity contribution in [3.05, 3.63) is 47.6 Å². The molecular formula is C25H30FN7O4S2. The van der Waals surface area contributed by atoms with Crippen LogP contribution in [-0.2, 0) is 10.0 Å². The Hall–Kier alpha value is -3.23. The number of alkyl halides is 1. The Bertz CT molecular complexity index is 1420. The average molecular weight is 576 g/mol. The first-order valence-corrected chi connectivity index (χ1v) is 15.2. The van der Waals surface area contributed by atoms with Crippen molar-refractivity contribution in [3.8, 4) is 16.5 Å². The molecule has 2 atom stereocenters. The zero-order valence-corrected chi connectivity index (χ0v) is 23.0. The van der Waals surface area contributed by atoms with E-state index in [-0.39, 0.29) is 10.3 Å². The summed E-state index contributed by atoms with van der Waals surface area (Å²) in [5.41, 5.74) is 1.43. The smallest absolute Gasteiger partial charge is 0.280 e. The summed E-state index contributed by atoms with van der Waals surface area (Å²) in [5, 5.41) is 2.86. The molecule has 1 aliphatic carbocycles. The second kappa shape index (κ2) is 11.9. The molecule has 39 heavy (non-hydrogen) atoms. The maximum Gasteiger partial charge on any atom is 0.280 e. The second-order valence-electron chi connectivity index (χ2n) is 9.52. The van der Waals surface area contributed by atoms with Gasteiger partial charge in [-0.05, 0) is 44.7 Å². The number of ether oxygens (including phenoxy) is 1. The molecule has 0 bridgehead atoms. The minimum Gasteiger partial charge on any atom is -0.477 e. The summed E-state index contributed by atoms with van der Waals surface area (Å²) in [6.07, 6.45) is 7.56. The SMILES string of the molecule is CCOc1cncc(-c2cnc(C(=O)N[C@@H](CCN3CC[C@@H](F)C3)c3cc(NS(=O)(=O)C4CC4)ccn3)s2)n1. The van der Waals surface area contributed by atoms with E-state index in [1.807, 2.05) is 11.8 Å². The summed E-state index contributed by atoms with van der Waals surface area (Å²) in [7, 11) is -3.45. The molecule has 2 N–H and O–H groups in total. The highest BCUT2D eigenvalue weighted by Gasteiger charge is 2.36.